The number of anilines is 1. The molecule has 0 bridgehead atoms. The fraction of sp³-hybridized carbons (Fsp3) is 0.333. The number of carbonyl (C=O) groups excluding carboxylic acids is 1. The van der Waals surface area contributed by atoms with E-state index < -0.39 is 11.9 Å². The van der Waals surface area contributed by atoms with Crippen molar-refractivity contribution < 1.29 is 19.8 Å². The van der Waals surface area contributed by atoms with Crippen molar-refractivity contribution >= 4 is 40.5 Å². The van der Waals surface area contributed by atoms with E-state index in [2.05, 4.69) is 11.8 Å². The van der Waals surface area contributed by atoms with Crippen LogP contribution in [0.3, 0.4) is 0 Å². The van der Waals surface area contributed by atoms with Gasteiger partial charge < -0.3 is 15.1 Å². The zero-order valence-electron chi connectivity index (χ0n) is 16.2. The molecule has 0 aliphatic heterocycles. The van der Waals surface area contributed by atoms with Crippen LogP contribution >= 0.6 is 22.9 Å². The molecule has 1 heterocycles. The molecule has 2 N–H and O–H groups in total. The van der Waals surface area contributed by atoms with Crippen molar-refractivity contribution in [3.8, 4) is 11.8 Å². The summed E-state index contributed by atoms with van der Waals surface area (Å²) in [6.45, 7) is 7.27. The molecule has 2 rings (SSSR count). The first-order valence-corrected chi connectivity index (χ1v) is 9.82. The maximum Gasteiger partial charge on any atom is 0.348 e. The molecule has 0 spiro atoms. The quantitative estimate of drug-likeness (QED) is 0.702. The second kappa shape index (κ2) is 8.78. The van der Waals surface area contributed by atoms with Gasteiger partial charge in [-0.2, -0.15) is 0 Å². The Labute approximate surface area is 173 Å². The third-order valence-electron chi connectivity index (χ3n) is 3.75. The molecule has 1 aromatic carbocycles. The number of carbonyl (C=O) groups is 2. The summed E-state index contributed by atoms with van der Waals surface area (Å²) < 4.78 is 0. The lowest BCUT2D eigenvalue weighted by molar-refractivity contribution is 0.0703. The Morgan fingerprint density at radius 1 is 1.25 bits per heavy atom. The number of benzene rings is 1. The molecule has 0 atom stereocenters. The number of thiophene rings is 1. The minimum absolute atomic E-state index is 0.00613. The molecule has 0 unspecified atom stereocenters. The zero-order chi connectivity index (χ0) is 21.1. The Bertz CT molecular complexity index is 963. The minimum Gasteiger partial charge on any atom is -0.477 e. The molecule has 7 heteroatoms. The summed E-state index contributed by atoms with van der Waals surface area (Å²) in [5.41, 5.74) is 1.04. The van der Waals surface area contributed by atoms with Gasteiger partial charge in [0, 0.05) is 22.5 Å². The van der Waals surface area contributed by atoms with Crippen LogP contribution in [0.5, 0.6) is 0 Å². The van der Waals surface area contributed by atoms with Crippen molar-refractivity contribution in [1.82, 2.24) is 0 Å². The van der Waals surface area contributed by atoms with E-state index >= 15 is 0 Å². The number of carboxylic acids is 1. The van der Waals surface area contributed by atoms with Crippen LogP contribution < -0.4 is 4.90 Å². The average molecular weight is 420 g/mol. The summed E-state index contributed by atoms with van der Waals surface area (Å²) in [5.74, 6) is 4.50. The largest absolute Gasteiger partial charge is 0.477 e. The monoisotopic (exact) mass is 419 g/mol. The van der Waals surface area contributed by atoms with E-state index in [9.17, 15) is 19.8 Å². The molecular weight excluding hydrogens is 398 g/mol. The van der Waals surface area contributed by atoms with Crippen molar-refractivity contribution in [3.05, 3.63) is 50.2 Å². The second-order valence-corrected chi connectivity index (χ2v) is 8.76. The van der Waals surface area contributed by atoms with Crippen molar-refractivity contribution in [2.45, 2.75) is 27.7 Å². The number of hydrogen-bond donors (Lipinski definition) is 2. The van der Waals surface area contributed by atoms with Crippen LogP contribution in [0.4, 0.5) is 5.69 Å². The molecule has 0 radical (unpaired) electrons. The Kier molecular flexibility index (Phi) is 6.89. The van der Waals surface area contributed by atoms with E-state index in [1.54, 1.807) is 31.2 Å². The minimum atomic E-state index is -1.15. The molecule has 0 aliphatic carbocycles. The van der Waals surface area contributed by atoms with Gasteiger partial charge in [0.05, 0.1) is 17.2 Å². The summed E-state index contributed by atoms with van der Waals surface area (Å²) in [4.78, 5) is 26.7. The second-order valence-electron chi connectivity index (χ2n) is 7.27. The van der Waals surface area contributed by atoms with Gasteiger partial charge in [0.1, 0.15) is 4.88 Å². The maximum absolute atomic E-state index is 13.1. The van der Waals surface area contributed by atoms with E-state index in [0.29, 0.717) is 21.0 Å². The number of amides is 1. The van der Waals surface area contributed by atoms with Gasteiger partial charge in [0.2, 0.25) is 0 Å². The van der Waals surface area contributed by atoms with E-state index in [0.717, 1.165) is 11.3 Å². The SMILES string of the molecule is Cc1cc(Cl)ccc1C(=O)N(CCO)c1cc(C#CC(C)(C)C)sc1C(=O)O. The molecule has 0 saturated heterocycles. The molecule has 0 fully saturated rings. The van der Waals surface area contributed by atoms with Crippen molar-refractivity contribution in [3.63, 3.8) is 0 Å². The lowest BCUT2D eigenvalue weighted by Gasteiger charge is -2.22. The first kappa shape index (κ1) is 22.0. The van der Waals surface area contributed by atoms with Gasteiger partial charge in [0.15, 0.2) is 0 Å². The highest BCUT2D eigenvalue weighted by atomic mass is 35.5. The zero-order valence-corrected chi connectivity index (χ0v) is 17.7. The lowest BCUT2D eigenvalue weighted by atomic mass is 9.98. The third-order valence-corrected chi connectivity index (χ3v) is 5.01. The molecule has 0 aliphatic rings. The number of rotatable bonds is 5. The number of aliphatic hydroxyl groups is 1. The van der Waals surface area contributed by atoms with Crippen molar-refractivity contribution in [2.24, 2.45) is 5.41 Å². The summed E-state index contributed by atoms with van der Waals surface area (Å²) in [6, 6.07) is 6.45. The van der Waals surface area contributed by atoms with Gasteiger partial charge in [-0.3, -0.25) is 4.79 Å². The van der Waals surface area contributed by atoms with E-state index in [-0.39, 0.29) is 29.1 Å². The van der Waals surface area contributed by atoms with Crippen LogP contribution in [-0.4, -0.2) is 35.2 Å². The van der Waals surface area contributed by atoms with Crippen molar-refractivity contribution in [2.75, 3.05) is 18.1 Å². The Morgan fingerprint density at radius 2 is 1.93 bits per heavy atom. The molecule has 1 aromatic heterocycles. The fourth-order valence-electron chi connectivity index (χ4n) is 2.49. The normalized spacial score (nSPS) is 10.9. The van der Waals surface area contributed by atoms with Gasteiger partial charge in [-0.05, 0) is 57.5 Å². The number of aromatic carboxylic acids is 1. The lowest BCUT2D eigenvalue weighted by Crippen LogP contribution is -2.34. The van der Waals surface area contributed by atoms with E-state index in [4.69, 9.17) is 11.6 Å². The average Bonchev–Trinajstić information content (AvgIpc) is 3.01. The predicted molar refractivity (Wildman–Crippen MR) is 113 cm³/mol. The van der Waals surface area contributed by atoms with Gasteiger partial charge >= 0.3 is 5.97 Å². The highest BCUT2D eigenvalue weighted by molar-refractivity contribution is 7.15. The Balaban J connectivity index is 2.55. The standard InChI is InChI=1S/C21H22ClNO4S/c1-13-11-14(22)5-6-16(13)19(25)23(9-10-24)17-12-15(7-8-21(2,3)4)28-18(17)20(26)27/h5-6,11-12,24H,9-10H2,1-4H3,(H,26,27). The number of nitrogens with zero attached hydrogens (tertiary/aromatic N) is 1. The third kappa shape index (κ3) is 5.35. The first-order chi connectivity index (χ1) is 13.0. The van der Waals surface area contributed by atoms with Crippen LogP contribution in [-0.2, 0) is 0 Å². The Morgan fingerprint density at radius 3 is 2.46 bits per heavy atom. The highest BCUT2D eigenvalue weighted by Crippen LogP contribution is 2.32. The van der Waals surface area contributed by atoms with Crippen LogP contribution in [0.2, 0.25) is 5.02 Å². The Hall–Kier alpha value is -2.33. The predicted octanol–water partition coefficient (Wildman–Crippen LogP) is 4.44. The number of carboxylic acid groups (broad SMARTS) is 1. The van der Waals surface area contributed by atoms with Gasteiger partial charge in [-0.25, -0.2) is 4.79 Å². The summed E-state index contributed by atoms with van der Waals surface area (Å²) in [6.07, 6.45) is 0. The van der Waals surface area contributed by atoms with Crippen LogP contribution in [0.25, 0.3) is 0 Å². The highest BCUT2D eigenvalue weighted by Gasteiger charge is 2.26. The molecule has 5 nitrogen and oxygen atoms in total. The number of halogens is 1. The number of hydrogen-bond acceptors (Lipinski definition) is 4. The van der Waals surface area contributed by atoms with Crippen LogP contribution in [0.15, 0.2) is 24.3 Å². The molecule has 28 heavy (non-hydrogen) atoms. The van der Waals surface area contributed by atoms with Gasteiger partial charge in [0.25, 0.3) is 5.91 Å². The van der Waals surface area contributed by atoms with Crippen molar-refractivity contribution in [1.29, 1.82) is 0 Å². The van der Waals surface area contributed by atoms with Gasteiger partial charge in [-0.15, -0.1) is 11.3 Å². The first-order valence-electron chi connectivity index (χ1n) is 8.62. The number of aliphatic hydroxyl groups excluding tert-OH is 1. The molecule has 1 amide bonds. The van der Waals surface area contributed by atoms with Crippen LogP contribution in [0, 0.1) is 24.2 Å². The van der Waals surface area contributed by atoms with Gasteiger partial charge in [-0.1, -0.05) is 23.4 Å². The summed E-state index contributed by atoms with van der Waals surface area (Å²) >= 11 is 6.98. The molecule has 148 valence electrons. The fourth-order valence-corrected chi connectivity index (χ4v) is 3.57. The maximum atomic E-state index is 13.1. The summed E-state index contributed by atoms with van der Waals surface area (Å²) in [7, 11) is 0. The summed E-state index contributed by atoms with van der Waals surface area (Å²) in [5, 5.41) is 19.6. The number of aryl methyl sites for hydroxylation is 1. The van der Waals surface area contributed by atoms with Crippen LogP contribution in [0.1, 0.15) is 51.2 Å². The topological polar surface area (TPSA) is 77.8 Å². The molecular formula is C21H22ClNO4S. The van der Waals surface area contributed by atoms with E-state index in [1.165, 1.54) is 4.90 Å². The molecule has 0 saturated carbocycles. The van der Waals surface area contributed by atoms with E-state index in [1.807, 2.05) is 20.8 Å². The smallest absolute Gasteiger partial charge is 0.348 e. The molecule has 2 aromatic rings.